The first-order chi connectivity index (χ1) is 17.1. The van der Waals surface area contributed by atoms with Gasteiger partial charge in [-0.1, -0.05) is 0 Å². The molecule has 1 aliphatic rings. The number of fused-ring (bicyclic) bond motifs is 1. The highest BCUT2D eigenvalue weighted by Gasteiger charge is 2.40. The van der Waals surface area contributed by atoms with Gasteiger partial charge in [0.1, 0.15) is 11.5 Å². The van der Waals surface area contributed by atoms with Crippen LogP contribution in [0.25, 0.3) is 10.9 Å². The molecule has 1 fully saturated rings. The van der Waals surface area contributed by atoms with Crippen molar-refractivity contribution in [2.45, 2.75) is 38.4 Å². The monoisotopic (exact) mass is 538 g/mol. The molecule has 1 aromatic heterocycles. The number of primary amides is 1. The van der Waals surface area contributed by atoms with E-state index in [2.05, 4.69) is 9.71 Å². The number of anilines is 1. The van der Waals surface area contributed by atoms with Gasteiger partial charge in [-0.3, -0.25) is 14.4 Å². The fourth-order valence-electron chi connectivity index (χ4n) is 4.81. The fourth-order valence-corrected chi connectivity index (χ4v) is 5.43. The van der Waals surface area contributed by atoms with Crippen LogP contribution in [0.4, 0.5) is 23.2 Å². The standard InChI is InChI=1S/C25H26F4N4O3S/c1-13-8-18(20(26)11-22(13)32-37(3,35)36)14(2)33-7-6-16(12-33)19-10-17-9-15(24(30)34)4-5-21(17)31-23(19)25(27,28)29/h4-5,8-11,14,16,32H,6-7,12H2,1-3H3,(H2,30,34)/t14-,16?/m1/s1. The molecule has 3 aromatic rings. The van der Waals surface area contributed by atoms with Gasteiger partial charge in [0.25, 0.3) is 0 Å². The minimum absolute atomic E-state index is 0.0145. The number of hydrogen-bond acceptors (Lipinski definition) is 5. The van der Waals surface area contributed by atoms with Gasteiger partial charge in [-0.15, -0.1) is 0 Å². The van der Waals surface area contributed by atoms with E-state index in [1.54, 1.807) is 19.9 Å². The van der Waals surface area contributed by atoms with Gasteiger partial charge in [-0.05, 0) is 74.3 Å². The number of rotatable bonds is 6. The molecule has 0 aliphatic carbocycles. The summed E-state index contributed by atoms with van der Waals surface area (Å²) in [5.41, 5.74) is 5.59. The summed E-state index contributed by atoms with van der Waals surface area (Å²) in [5, 5.41) is 0.376. The van der Waals surface area contributed by atoms with Crippen LogP contribution >= 0.6 is 0 Å². The molecule has 12 heteroatoms. The molecular weight excluding hydrogens is 512 g/mol. The number of amides is 1. The van der Waals surface area contributed by atoms with Crippen molar-refractivity contribution >= 4 is 32.5 Å². The van der Waals surface area contributed by atoms with Gasteiger partial charge in [0, 0.05) is 35.0 Å². The predicted octanol–water partition coefficient (Wildman–Crippen LogP) is 4.72. The lowest BCUT2D eigenvalue weighted by Gasteiger charge is -2.26. The maximum Gasteiger partial charge on any atom is 0.433 e. The van der Waals surface area contributed by atoms with Crippen molar-refractivity contribution in [3.8, 4) is 0 Å². The minimum atomic E-state index is -4.68. The Morgan fingerprint density at radius 1 is 1.22 bits per heavy atom. The second-order valence-corrected chi connectivity index (χ2v) is 11.2. The average molecular weight is 539 g/mol. The van der Waals surface area contributed by atoms with Gasteiger partial charge < -0.3 is 5.73 Å². The molecule has 1 saturated heterocycles. The Labute approximate surface area is 211 Å². The van der Waals surface area contributed by atoms with Crippen LogP contribution in [0.3, 0.4) is 0 Å². The number of nitrogens with one attached hydrogen (secondary N) is 1. The lowest BCUT2D eigenvalue weighted by molar-refractivity contribution is -0.141. The number of nitrogens with zero attached hydrogens (tertiary/aromatic N) is 2. The summed E-state index contributed by atoms with van der Waals surface area (Å²) in [6.07, 6.45) is -3.32. The van der Waals surface area contributed by atoms with E-state index in [0.29, 0.717) is 29.5 Å². The molecule has 4 rings (SSSR count). The summed E-state index contributed by atoms with van der Waals surface area (Å²) in [7, 11) is -3.59. The number of nitrogens with two attached hydrogens (primary N) is 1. The van der Waals surface area contributed by atoms with Crippen LogP contribution in [0.15, 0.2) is 36.4 Å². The summed E-state index contributed by atoms with van der Waals surface area (Å²) in [4.78, 5) is 17.3. The van der Waals surface area contributed by atoms with Crippen LogP contribution in [0.2, 0.25) is 0 Å². The van der Waals surface area contributed by atoms with E-state index in [9.17, 15) is 30.8 Å². The molecule has 0 spiro atoms. The molecule has 198 valence electrons. The first kappa shape index (κ1) is 26.8. The summed E-state index contributed by atoms with van der Waals surface area (Å²) in [6.45, 7) is 4.05. The zero-order valence-corrected chi connectivity index (χ0v) is 21.2. The number of carbonyl (C=O) groups excluding carboxylic acids is 1. The van der Waals surface area contributed by atoms with E-state index in [1.807, 2.05) is 4.90 Å². The Kier molecular flexibility index (Phi) is 6.93. The molecule has 7 nitrogen and oxygen atoms in total. The number of alkyl halides is 3. The average Bonchev–Trinajstić information content (AvgIpc) is 3.28. The van der Waals surface area contributed by atoms with Gasteiger partial charge in [-0.25, -0.2) is 17.8 Å². The molecule has 1 aliphatic heterocycles. The minimum Gasteiger partial charge on any atom is -0.366 e. The van der Waals surface area contributed by atoms with Crippen molar-refractivity contribution in [3.63, 3.8) is 0 Å². The SMILES string of the molecule is Cc1cc([C@@H](C)N2CCC(c3cc4cc(C(N)=O)ccc4nc3C(F)(F)F)C2)c(F)cc1NS(C)(=O)=O. The molecule has 2 heterocycles. The van der Waals surface area contributed by atoms with E-state index in [-0.39, 0.29) is 28.9 Å². The van der Waals surface area contributed by atoms with E-state index in [4.69, 9.17) is 5.73 Å². The Balaban J connectivity index is 1.66. The van der Waals surface area contributed by atoms with Crippen molar-refractivity contribution < 1.29 is 30.8 Å². The lowest BCUT2D eigenvalue weighted by Crippen LogP contribution is -2.26. The highest BCUT2D eigenvalue weighted by Crippen LogP contribution is 2.41. The van der Waals surface area contributed by atoms with Gasteiger partial charge >= 0.3 is 6.18 Å². The molecule has 0 saturated carbocycles. The van der Waals surface area contributed by atoms with E-state index >= 15 is 0 Å². The van der Waals surface area contributed by atoms with Crippen molar-refractivity contribution in [3.05, 3.63) is 70.2 Å². The highest BCUT2D eigenvalue weighted by atomic mass is 32.2. The summed E-state index contributed by atoms with van der Waals surface area (Å²) < 4.78 is 82.2. The molecule has 3 N–H and O–H groups in total. The number of benzene rings is 2. The van der Waals surface area contributed by atoms with Crippen LogP contribution in [0, 0.1) is 12.7 Å². The first-order valence-corrected chi connectivity index (χ1v) is 13.4. The van der Waals surface area contributed by atoms with Crippen LogP contribution < -0.4 is 10.5 Å². The van der Waals surface area contributed by atoms with Crippen molar-refractivity contribution in [1.29, 1.82) is 0 Å². The molecule has 1 unspecified atom stereocenters. The predicted molar refractivity (Wildman–Crippen MR) is 132 cm³/mol. The fraction of sp³-hybridized carbons (Fsp3) is 0.360. The molecular formula is C25H26F4N4O3S. The largest absolute Gasteiger partial charge is 0.433 e. The number of pyridine rings is 1. The maximum atomic E-state index is 15.0. The molecule has 0 radical (unpaired) electrons. The lowest BCUT2D eigenvalue weighted by atomic mass is 9.94. The Hall–Kier alpha value is -3.25. The third-order valence-corrected chi connectivity index (χ3v) is 7.28. The van der Waals surface area contributed by atoms with Crippen molar-refractivity contribution in [2.75, 3.05) is 24.1 Å². The normalized spacial score (nSPS) is 17.8. The third kappa shape index (κ3) is 5.69. The Morgan fingerprint density at radius 2 is 1.92 bits per heavy atom. The number of likely N-dealkylation sites (tertiary alicyclic amines) is 1. The van der Waals surface area contributed by atoms with Gasteiger partial charge in [-0.2, -0.15) is 13.2 Å². The molecule has 2 atom stereocenters. The van der Waals surface area contributed by atoms with Crippen LogP contribution in [-0.2, 0) is 16.2 Å². The number of aromatic nitrogens is 1. The highest BCUT2D eigenvalue weighted by molar-refractivity contribution is 7.92. The summed E-state index contributed by atoms with van der Waals surface area (Å²) >= 11 is 0. The first-order valence-electron chi connectivity index (χ1n) is 11.5. The zero-order chi connectivity index (χ0) is 27.3. The van der Waals surface area contributed by atoms with Crippen LogP contribution in [0.5, 0.6) is 0 Å². The maximum absolute atomic E-state index is 15.0. The van der Waals surface area contributed by atoms with Gasteiger partial charge in [0.2, 0.25) is 15.9 Å². The van der Waals surface area contributed by atoms with Gasteiger partial charge in [0.15, 0.2) is 0 Å². The number of aryl methyl sites for hydroxylation is 1. The quantitative estimate of drug-likeness (QED) is 0.442. The van der Waals surface area contributed by atoms with Crippen molar-refractivity contribution in [1.82, 2.24) is 9.88 Å². The van der Waals surface area contributed by atoms with E-state index in [1.165, 1.54) is 24.3 Å². The summed E-state index contributed by atoms with van der Waals surface area (Å²) in [5.74, 6) is -1.84. The molecule has 2 aromatic carbocycles. The third-order valence-electron chi connectivity index (χ3n) is 6.69. The number of sulfonamides is 1. The molecule has 1 amide bonds. The van der Waals surface area contributed by atoms with Crippen LogP contribution in [-0.4, -0.2) is 43.6 Å². The second-order valence-electron chi connectivity index (χ2n) is 9.42. The topological polar surface area (TPSA) is 105 Å². The molecule has 0 bridgehead atoms. The van der Waals surface area contributed by atoms with Gasteiger partial charge in [0.05, 0.1) is 17.5 Å². The molecule has 37 heavy (non-hydrogen) atoms. The smallest absolute Gasteiger partial charge is 0.366 e. The Bertz CT molecular complexity index is 1490. The van der Waals surface area contributed by atoms with E-state index < -0.39 is 45.6 Å². The van der Waals surface area contributed by atoms with E-state index in [0.717, 1.165) is 12.3 Å². The Morgan fingerprint density at radius 3 is 2.54 bits per heavy atom. The number of hydrogen-bond donors (Lipinski definition) is 2. The zero-order valence-electron chi connectivity index (χ0n) is 20.4. The second kappa shape index (κ2) is 9.56. The van der Waals surface area contributed by atoms with Crippen LogP contribution in [0.1, 0.15) is 58.0 Å². The van der Waals surface area contributed by atoms with Crippen molar-refractivity contribution in [2.24, 2.45) is 5.73 Å². The number of halogens is 4. The summed E-state index contributed by atoms with van der Waals surface area (Å²) in [6, 6.07) is 7.70. The number of carbonyl (C=O) groups is 1.